The molecule has 9 nitrogen and oxygen atoms in total. The topological polar surface area (TPSA) is 103 Å². The lowest BCUT2D eigenvalue weighted by atomic mass is 10.1. The van der Waals surface area contributed by atoms with Crippen molar-refractivity contribution in [2.24, 2.45) is 9.98 Å². The first-order valence-corrected chi connectivity index (χ1v) is 13.1. The molecule has 0 unspecified atom stereocenters. The number of hydrogen-bond acceptors (Lipinski definition) is 8. The Hall–Kier alpha value is -2.62. The highest BCUT2D eigenvalue weighted by molar-refractivity contribution is 7.48. The first kappa shape index (κ1) is 28.0. The SMILES string of the molecule is CCOP(CC(=O)Nc1cc2c(cc1OCCOC)N=CN=C(Nc1ccc(F)c(Cl)c1)C2)OCC. The standard InChI is InChI=1S/C24H29ClFN4O5P/c1-4-34-36(35-5-2)14-24(31)30-21-10-16-11-23(29-17-6-7-19(26)18(25)12-17)28-15-27-20(16)13-22(21)33-9-8-32-3/h6-7,10,12-13,15H,4-5,8-9,11,14H2,1-3H3,(H,30,31)(H,27,28,29). The Bertz CT molecular complexity index is 1110. The highest BCUT2D eigenvalue weighted by atomic mass is 35.5. The summed E-state index contributed by atoms with van der Waals surface area (Å²) in [5.74, 6) is 0.261. The molecule has 1 aliphatic heterocycles. The summed E-state index contributed by atoms with van der Waals surface area (Å²) in [4.78, 5) is 21.6. The van der Waals surface area contributed by atoms with Crippen LogP contribution in [-0.4, -0.2) is 57.8 Å². The van der Waals surface area contributed by atoms with Gasteiger partial charge >= 0.3 is 0 Å². The van der Waals surface area contributed by atoms with Crippen molar-refractivity contribution in [2.75, 3.05) is 50.3 Å². The molecule has 1 amide bonds. The molecule has 0 fully saturated rings. The molecule has 2 aromatic carbocycles. The van der Waals surface area contributed by atoms with Crippen molar-refractivity contribution in [3.05, 3.63) is 46.7 Å². The number of carbonyl (C=O) groups is 1. The van der Waals surface area contributed by atoms with Gasteiger partial charge in [0.15, 0.2) is 8.38 Å². The molecule has 2 aromatic rings. The molecular weight excluding hydrogens is 510 g/mol. The summed E-state index contributed by atoms with van der Waals surface area (Å²) in [7, 11) is 0.244. The highest BCUT2D eigenvalue weighted by Gasteiger charge is 2.20. The quantitative estimate of drug-likeness (QED) is 0.271. The maximum Gasteiger partial charge on any atom is 0.233 e. The van der Waals surface area contributed by atoms with Crippen LogP contribution in [0.1, 0.15) is 19.4 Å². The second-order valence-electron chi connectivity index (χ2n) is 7.44. The molecule has 2 N–H and O–H groups in total. The van der Waals surface area contributed by atoms with Crippen LogP contribution in [0.25, 0.3) is 0 Å². The van der Waals surface area contributed by atoms with Gasteiger partial charge in [0, 0.05) is 25.3 Å². The number of methoxy groups -OCH3 is 1. The van der Waals surface area contributed by atoms with Crippen molar-refractivity contribution in [3.63, 3.8) is 0 Å². The molecule has 0 bridgehead atoms. The molecule has 1 heterocycles. The number of benzene rings is 2. The summed E-state index contributed by atoms with van der Waals surface area (Å²) >= 11 is 5.90. The number of aliphatic imine (C=N–C) groups is 2. The number of carbonyl (C=O) groups excluding carboxylic acids is 1. The van der Waals surface area contributed by atoms with Gasteiger partial charge in [0.25, 0.3) is 0 Å². The third-order valence-corrected chi connectivity index (χ3v) is 6.72. The maximum atomic E-state index is 13.5. The second-order valence-corrected chi connectivity index (χ2v) is 9.35. The molecule has 0 saturated heterocycles. The van der Waals surface area contributed by atoms with Gasteiger partial charge in [-0.2, -0.15) is 0 Å². The summed E-state index contributed by atoms with van der Waals surface area (Å²) in [6, 6.07) is 7.88. The molecule has 0 spiro atoms. The van der Waals surface area contributed by atoms with Crippen LogP contribution in [-0.2, 0) is 25.0 Å². The summed E-state index contributed by atoms with van der Waals surface area (Å²) < 4.78 is 35.6. The summed E-state index contributed by atoms with van der Waals surface area (Å²) in [5, 5.41) is 6.06. The molecule has 0 saturated carbocycles. The lowest BCUT2D eigenvalue weighted by molar-refractivity contribution is -0.114. The number of nitrogens with zero attached hydrogens (tertiary/aromatic N) is 2. The van der Waals surface area contributed by atoms with Crippen LogP contribution >= 0.6 is 20.0 Å². The van der Waals surface area contributed by atoms with E-state index in [4.69, 9.17) is 30.1 Å². The molecule has 36 heavy (non-hydrogen) atoms. The van der Waals surface area contributed by atoms with Gasteiger partial charge in [-0.3, -0.25) is 4.79 Å². The van der Waals surface area contributed by atoms with E-state index in [1.807, 2.05) is 13.8 Å². The minimum atomic E-state index is -1.34. The second kappa shape index (κ2) is 14.2. The van der Waals surface area contributed by atoms with Crippen LogP contribution in [0.2, 0.25) is 5.02 Å². The molecule has 12 heteroatoms. The van der Waals surface area contributed by atoms with Crippen LogP contribution in [0, 0.1) is 5.82 Å². The number of fused-ring (bicyclic) bond motifs is 1. The number of anilines is 2. The van der Waals surface area contributed by atoms with Crippen LogP contribution in [0.4, 0.5) is 21.5 Å². The average Bonchev–Trinajstić information content (AvgIpc) is 3.03. The van der Waals surface area contributed by atoms with Gasteiger partial charge in [-0.15, -0.1) is 0 Å². The Kier molecular flexibility index (Phi) is 11.0. The van der Waals surface area contributed by atoms with Gasteiger partial charge in [-0.25, -0.2) is 14.4 Å². The zero-order valence-corrected chi connectivity index (χ0v) is 22.0. The van der Waals surface area contributed by atoms with Crippen LogP contribution < -0.4 is 15.4 Å². The van der Waals surface area contributed by atoms with Crippen molar-refractivity contribution in [1.82, 2.24) is 0 Å². The van der Waals surface area contributed by atoms with Crippen LogP contribution in [0.3, 0.4) is 0 Å². The number of halogens is 2. The van der Waals surface area contributed by atoms with Gasteiger partial charge < -0.3 is 29.2 Å². The van der Waals surface area contributed by atoms with Crippen molar-refractivity contribution in [1.29, 1.82) is 0 Å². The van der Waals surface area contributed by atoms with E-state index in [9.17, 15) is 9.18 Å². The lowest BCUT2D eigenvalue weighted by Crippen LogP contribution is -2.18. The van der Waals surface area contributed by atoms with Crippen molar-refractivity contribution < 1.29 is 27.7 Å². The first-order valence-electron chi connectivity index (χ1n) is 11.4. The van der Waals surface area contributed by atoms with Crippen molar-refractivity contribution in [2.45, 2.75) is 20.3 Å². The van der Waals surface area contributed by atoms with Crippen LogP contribution in [0.5, 0.6) is 5.75 Å². The van der Waals surface area contributed by atoms with Crippen molar-refractivity contribution >= 4 is 55.1 Å². The minimum absolute atomic E-state index is 0.00482. The largest absolute Gasteiger partial charge is 0.489 e. The summed E-state index contributed by atoms with van der Waals surface area (Å²) in [6.07, 6.45) is 1.88. The Morgan fingerprint density at radius 1 is 1.17 bits per heavy atom. The number of rotatable bonds is 12. The molecule has 0 radical (unpaired) electrons. The molecule has 1 aliphatic rings. The lowest BCUT2D eigenvalue weighted by Gasteiger charge is -2.18. The smallest absolute Gasteiger partial charge is 0.233 e. The molecule has 0 aliphatic carbocycles. The molecule has 194 valence electrons. The highest BCUT2D eigenvalue weighted by Crippen LogP contribution is 2.39. The Morgan fingerprint density at radius 3 is 2.64 bits per heavy atom. The summed E-state index contributed by atoms with van der Waals surface area (Å²) in [5.41, 5.74) is 2.52. The van der Waals surface area contributed by atoms with E-state index >= 15 is 0 Å². The molecular formula is C24H29ClFN4O5P. The predicted octanol–water partition coefficient (Wildman–Crippen LogP) is 5.55. The van der Waals surface area contributed by atoms with E-state index in [2.05, 4.69) is 20.6 Å². The summed E-state index contributed by atoms with van der Waals surface area (Å²) in [6.45, 7) is 5.29. The Morgan fingerprint density at radius 2 is 1.94 bits per heavy atom. The fourth-order valence-electron chi connectivity index (χ4n) is 3.26. The zero-order chi connectivity index (χ0) is 25.9. The van der Waals surface area contributed by atoms with Gasteiger partial charge in [-0.1, -0.05) is 11.6 Å². The fourth-order valence-corrected chi connectivity index (χ4v) is 4.58. The Balaban J connectivity index is 1.82. The minimum Gasteiger partial charge on any atom is -0.489 e. The van der Waals surface area contributed by atoms with E-state index in [1.165, 1.54) is 18.5 Å². The van der Waals surface area contributed by atoms with E-state index in [0.717, 1.165) is 5.56 Å². The maximum absolute atomic E-state index is 13.5. The van der Waals surface area contributed by atoms with E-state index in [0.29, 0.717) is 61.5 Å². The monoisotopic (exact) mass is 538 g/mol. The van der Waals surface area contributed by atoms with Gasteiger partial charge in [0.05, 0.1) is 42.4 Å². The zero-order valence-electron chi connectivity index (χ0n) is 20.3. The number of amidine groups is 1. The number of amides is 1. The fraction of sp³-hybridized carbons (Fsp3) is 0.375. The Labute approximate surface area is 216 Å². The third-order valence-electron chi connectivity index (χ3n) is 4.80. The van der Waals surface area contributed by atoms with E-state index in [-0.39, 0.29) is 17.1 Å². The number of hydrogen-bond donors (Lipinski definition) is 2. The van der Waals surface area contributed by atoms with Gasteiger partial charge in [0.1, 0.15) is 30.3 Å². The van der Waals surface area contributed by atoms with E-state index in [1.54, 1.807) is 25.3 Å². The van der Waals surface area contributed by atoms with Gasteiger partial charge in [-0.05, 0) is 43.7 Å². The van der Waals surface area contributed by atoms with Crippen molar-refractivity contribution in [3.8, 4) is 5.75 Å². The van der Waals surface area contributed by atoms with Gasteiger partial charge in [0.2, 0.25) is 5.91 Å². The van der Waals surface area contributed by atoms with Crippen LogP contribution in [0.15, 0.2) is 40.3 Å². The third kappa shape index (κ3) is 8.21. The first-order chi connectivity index (χ1) is 17.4. The molecule has 0 aromatic heterocycles. The predicted molar refractivity (Wildman–Crippen MR) is 142 cm³/mol. The van der Waals surface area contributed by atoms with E-state index < -0.39 is 14.2 Å². The number of nitrogens with one attached hydrogen (secondary N) is 2. The average molecular weight is 539 g/mol. The molecule has 3 rings (SSSR count). The normalized spacial score (nSPS) is 12.7. The molecule has 0 atom stereocenters. The number of ether oxygens (including phenoxy) is 2.